The van der Waals surface area contributed by atoms with Crippen LogP contribution < -0.4 is 11.1 Å². The van der Waals surface area contributed by atoms with Crippen LogP contribution in [-0.2, 0) is 9.84 Å². The summed E-state index contributed by atoms with van der Waals surface area (Å²) in [6.07, 6.45) is -0.609. The number of pyridine rings is 1. The van der Waals surface area contributed by atoms with Crippen LogP contribution in [0.15, 0.2) is 30.5 Å². The van der Waals surface area contributed by atoms with Gasteiger partial charge >= 0.3 is 0 Å². The monoisotopic (exact) mass is 482 g/mol. The van der Waals surface area contributed by atoms with Crippen molar-refractivity contribution in [2.75, 3.05) is 11.1 Å². The second-order valence-electron chi connectivity index (χ2n) is 8.37. The van der Waals surface area contributed by atoms with Gasteiger partial charge in [0.2, 0.25) is 0 Å². The lowest BCUT2D eigenvalue weighted by Crippen LogP contribution is -2.56. The molecule has 11 heteroatoms. The zero-order chi connectivity index (χ0) is 24.6. The number of aromatic nitrogens is 1. The normalized spacial score (nSPS) is 16.2. The Morgan fingerprint density at radius 2 is 1.97 bits per heavy atom. The molecule has 0 saturated heterocycles. The SMILES string of the molecule is Cc1cc(C(F)F)cnc1C(=O)Nc1ccc(F)c(C(C)CS(=O)(=O)C2(C(=N)N)CCC2)c1. The Balaban J connectivity index is 1.81. The number of hydrogen-bond donors (Lipinski definition) is 3. The van der Waals surface area contributed by atoms with E-state index in [9.17, 15) is 26.4 Å². The molecule has 0 bridgehead atoms. The van der Waals surface area contributed by atoms with Crippen LogP contribution in [0.2, 0.25) is 0 Å². The molecular formula is C22H25F3N4O3S. The van der Waals surface area contributed by atoms with Gasteiger partial charge in [0.05, 0.1) is 5.75 Å². The van der Waals surface area contributed by atoms with Crippen LogP contribution in [0.3, 0.4) is 0 Å². The lowest BCUT2D eigenvalue weighted by Gasteiger charge is -2.40. The molecule has 1 heterocycles. The topological polar surface area (TPSA) is 126 Å². The minimum absolute atomic E-state index is 0.0608. The average Bonchev–Trinajstić information content (AvgIpc) is 2.67. The molecule has 0 spiro atoms. The minimum atomic E-state index is -3.82. The van der Waals surface area contributed by atoms with Gasteiger partial charge in [0.15, 0.2) is 9.84 Å². The van der Waals surface area contributed by atoms with E-state index in [-0.39, 0.29) is 40.9 Å². The largest absolute Gasteiger partial charge is 0.386 e. The van der Waals surface area contributed by atoms with Crippen molar-refractivity contribution in [2.24, 2.45) is 5.73 Å². The fraction of sp³-hybridized carbons (Fsp3) is 0.409. The van der Waals surface area contributed by atoms with Crippen molar-refractivity contribution in [3.05, 3.63) is 58.7 Å². The van der Waals surface area contributed by atoms with Crippen LogP contribution in [0.4, 0.5) is 18.9 Å². The number of carbonyl (C=O) groups excluding carboxylic acids is 1. The maximum atomic E-state index is 14.5. The van der Waals surface area contributed by atoms with Gasteiger partial charge in [-0.25, -0.2) is 21.6 Å². The Kier molecular flexibility index (Phi) is 6.83. The molecule has 2 aromatic rings. The Hall–Kier alpha value is -2.95. The van der Waals surface area contributed by atoms with Crippen LogP contribution in [0.1, 0.15) is 65.7 Å². The molecule has 3 rings (SSSR count). The zero-order valence-electron chi connectivity index (χ0n) is 18.2. The number of amidine groups is 1. The first-order chi connectivity index (χ1) is 15.4. The van der Waals surface area contributed by atoms with Crippen LogP contribution in [0.5, 0.6) is 0 Å². The predicted octanol–water partition coefficient (Wildman–Crippen LogP) is 4.10. The maximum Gasteiger partial charge on any atom is 0.274 e. The zero-order valence-corrected chi connectivity index (χ0v) is 19.0. The molecule has 1 aromatic carbocycles. The van der Waals surface area contributed by atoms with E-state index >= 15 is 0 Å². The molecule has 33 heavy (non-hydrogen) atoms. The van der Waals surface area contributed by atoms with Crippen LogP contribution in [0.25, 0.3) is 0 Å². The number of halogens is 3. The highest BCUT2D eigenvalue weighted by atomic mass is 32.2. The third-order valence-electron chi connectivity index (χ3n) is 6.07. The van der Waals surface area contributed by atoms with Crippen LogP contribution >= 0.6 is 0 Å². The molecule has 1 atom stereocenters. The van der Waals surface area contributed by atoms with Crippen molar-refractivity contribution >= 4 is 27.3 Å². The molecule has 0 radical (unpaired) electrons. The summed E-state index contributed by atoms with van der Waals surface area (Å²) in [5.41, 5.74) is 5.73. The molecule has 1 saturated carbocycles. The number of nitrogens with two attached hydrogens (primary N) is 1. The standard InChI is InChI=1S/C22H25F3N4O3S/c1-12-8-14(19(24)25)10-28-18(12)20(30)29-15-4-5-17(23)16(9-15)13(2)11-33(31,32)22(21(26)27)6-3-7-22/h4-5,8-10,13,19H,3,6-7,11H2,1-2H3,(H3,26,27)(H,29,30). The molecule has 1 aliphatic carbocycles. The van der Waals surface area contributed by atoms with Gasteiger partial charge in [-0.2, -0.15) is 0 Å². The maximum absolute atomic E-state index is 14.5. The highest BCUT2D eigenvalue weighted by Crippen LogP contribution is 2.41. The van der Waals surface area contributed by atoms with E-state index in [2.05, 4.69) is 10.3 Å². The molecule has 7 nitrogen and oxygen atoms in total. The number of rotatable bonds is 8. The van der Waals surface area contributed by atoms with E-state index in [0.717, 1.165) is 12.3 Å². The van der Waals surface area contributed by atoms with Gasteiger partial charge in [0.1, 0.15) is 22.1 Å². The number of sulfone groups is 1. The summed E-state index contributed by atoms with van der Waals surface area (Å²) in [5, 5.41) is 10.3. The second-order valence-corrected chi connectivity index (χ2v) is 10.7. The van der Waals surface area contributed by atoms with E-state index < -0.39 is 50.2 Å². The average molecular weight is 483 g/mol. The lowest BCUT2D eigenvalue weighted by atomic mass is 9.83. The first-order valence-corrected chi connectivity index (χ1v) is 12.0. The molecule has 178 valence electrons. The quantitative estimate of drug-likeness (QED) is 0.386. The summed E-state index contributed by atoms with van der Waals surface area (Å²) < 4.78 is 64.7. The Labute approximate surface area is 190 Å². The predicted molar refractivity (Wildman–Crippen MR) is 119 cm³/mol. The summed E-state index contributed by atoms with van der Waals surface area (Å²) >= 11 is 0. The Morgan fingerprint density at radius 1 is 1.30 bits per heavy atom. The highest BCUT2D eigenvalue weighted by Gasteiger charge is 2.51. The summed E-state index contributed by atoms with van der Waals surface area (Å²) in [6.45, 7) is 3.02. The molecule has 1 fully saturated rings. The smallest absolute Gasteiger partial charge is 0.274 e. The third kappa shape index (κ3) is 4.73. The van der Waals surface area contributed by atoms with Crippen LogP contribution in [0, 0.1) is 18.2 Å². The first kappa shape index (κ1) is 24.7. The third-order valence-corrected chi connectivity index (χ3v) is 8.83. The van der Waals surface area contributed by atoms with E-state index in [1.807, 2.05) is 0 Å². The number of nitrogens with one attached hydrogen (secondary N) is 2. The number of nitrogens with zero attached hydrogens (tertiary/aromatic N) is 1. The minimum Gasteiger partial charge on any atom is -0.386 e. The summed E-state index contributed by atoms with van der Waals surface area (Å²) in [5.74, 6) is -2.89. The molecule has 0 aliphatic heterocycles. The van der Waals surface area contributed by atoms with E-state index in [1.165, 1.54) is 25.1 Å². The molecular weight excluding hydrogens is 457 g/mol. The van der Waals surface area contributed by atoms with Gasteiger partial charge in [0.25, 0.3) is 12.3 Å². The van der Waals surface area contributed by atoms with Gasteiger partial charge in [-0.1, -0.05) is 6.92 Å². The molecule has 1 amide bonds. The number of alkyl halides is 2. The summed E-state index contributed by atoms with van der Waals surface area (Å²) in [7, 11) is -3.82. The Morgan fingerprint density at radius 3 is 2.48 bits per heavy atom. The van der Waals surface area contributed by atoms with Crippen molar-refractivity contribution in [1.82, 2.24) is 4.98 Å². The van der Waals surface area contributed by atoms with Crippen molar-refractivity contribution in [1.29, 1.82) is 5.41 Å². The van der Waals surface area contributed by atoms with Crippen molar-refractivity contribution in [3.8, 4) is 0 Å². The molecule has 1 aromatic heterocycles. The summed E-state index contributed by atoms with van der Waals surface area (Å²) in [6, 6.07) is 4.92. The lowest BCUT2D eigenvalue weighted by molar-refractivity contribution is 0.102. The van der Waals surface area contributed by atoms with Gasteiger partial charge in [-0.3, -0.25) is 15.2 Å². The molecule has 1 unspecified atom stereocenters. The van der Waals surface area contributed by atoms with Gasteiger partial charge in [0, 0.05) is 17.4 Å². The van der Waals surface area contributed by atoms with Crippen molar-refractivity contribution in [2.45, 2.75) is 50.2 Å². The number of carbonyl (C=O) groups is 1. The van der Waals surface area contributed by atoms with E-state index in [0.29, 0.717) is 6.42 Å². The number of amides is 1. The number of aryl methyl sites for hydroxylation is 1. The van der Waals surface area contributed by atoms with E-state index in [1.54, 1.807) is 6.92 Å². The first-order valence-electron chi connectivity index (χ1n) is 10.3. The van der Waals surface area contributed by atoms with Gasteiger partial charge in [-0.05, 0) is 67.5 Å². The number of anilines is 1. The fourth-order valence-electron chi connectivity index (χ4n) is 3.97. The number of benzene rings is 1. The fourth-order valence-corrected chi connectivity index (χ4v) is 6.37. The van der Waals surface area contributed by atoms with Crippen molar-refractivity contribution in [3.63, 3.8) is 0 Å². The van der Waals surface area contributed by atoms with Crippen molar-refractivity contribution < 1.29 is 26.4 Å². The van der Waals surface area contributed by atoms with E-state index in [4.69, 9.17) is 11.1 Å². The number of hydrogen-bond acceptors (Lipinski definition) is 5. The van der Waals surface area contributed by atoms with Gasteiger partial charge in [-0.15, -0.1) is 0 Å². The molecule has 4 N–H and O–H groups in total. The molecule has 1 aliphatic rings. The van der Waals surface area contributed by atoms with Crippen LogP contribution in [-0.4, -0.2) is 35.6 Å². The second kappa shape index (κ2) is 9.12. The Bertz CT molecular complexity index is 1200. The van der Waals surface area contributed by atoms with Gasteiger partial charge < -0.3 is 11.1 Å². The highest BCUT2D eigenvalue weighted by molar-refractivity contribution is 7.93. The summed E-state index contributed by atoms with van der Waals surface area (Å²) in [4.78, 5) is 16.4.